The summed E-state index contributed by atoms with van der Waals surface area (Å²) in [7, 11) is 6.29. The molecule has 13 nitrogen and oxygen atoms in total. The summed E-state index contributed by atoms with van der Waals surface area (Å²) in [6.07, 6.45) is 3.83. The summed E-state index contributed by atoms with van der Waals surface area (Å²) in [5.41, 5.74) is 2.65. The van der Waals surface area contributed by atoms with Crippen LogP contribution in [0.4, 0.5) is 5.82 Å². The molecule has 4 aromatic rings. The number of carbonyl (C=O) groups excluding carboxylic acids is 3. The molecule has 6 rings (SSSR count). The first-order valence-corrected chi connectivity index (χ1v) is 17.3. The molecule has 3 amide bonds. The van der Waals surface area contributed by atoms with Gasteiger partial charge in [-0.2, -0.15) is 0 Å². The second kappa shape index (κ2) is 16.0. The molecule has 0 radical (unpaired) electrons. The number of rotatable bonds is 7. The molecular weight excluding hydrogens is 652 g/mol. The highest BCUT2D eigenvalue weighted by molar-refractivity contribution is 5.94. The Morgan fingerprint density at radius 2 is 1.67 bits per heavy atom. The van der Waals surface area contributed by atoms with Crippen molar-refractivity contribution < 1.29 is 33.3 Å². The van der Waals surface area contributed by atoms with Crippen molar-refractivity contribution in [1.29, 1.82) is 0 Å². The van der Waals surface area contributed by atoms with Crippen molar-refractivity contribution in [2.24, 2.45) is 5.92 Å². The van der Waals surface area contributed by atoms with E-state index in [4.69, 9.17) is 23.9 Å². The van der Waals surface area contributed by atoms with E-state index >= 15 is 0 Å². The quantitative estimate of drug-likeness (QED) is 0.293. The van der Waals surface area contributed by atoms with Gasteiger partial charge < -0.3 is 43.9 Å². The second-order valence-corrected chi connectivity index (χ2v) is 12.9. The van der Waals surface area contributed by atoms with Crippen molar-refractivity contribution >= 4 is 34.4 Å². The van der Waals surface area contributed by atoms with E-state index < -0.39 is 0 Å². The number of piperidine rings is 1. The molecule has 2 aliphatic heterocycles. The number of benzene rings is 2. The molecule has 1 saturated heterocycles. The lowest BCUT2D eigenvalue weighted by molar-refractivity contribution is -0.131. The van der Waals surface area contributed by atoms with Gasteiger partial charge in [0.05, 0.1) is 40.4 Å². The molecular formula is C38H46N6O7. The molecule has 4 heterocycles. The standard InChI is InChI=1S/C38H46N6O7/c1-48-31-12-6-5-10-26(31)20-34(46)42-16-13-33(45)40-22-25-9-8-15-43(23-25)37-27(24-44(18-17-42)38(47)29-11-7-14-39-29)19-28-30(41-37)21-32(49-2)36(51-4)35(28)50-3/h5-7,10-12,14,19,21,25,39H,8-9,13,15-18,20,22-24H2,1-4H3,(H,40,45). The summed E-state index contributed by atoms with van der Waals surface area (Å²) < 4.78 is 22.7. The van der Waals surface area contributed by atoms with E-state index in [0.717, 1.165) is 36.3 Å². The van der Waals surface area contributed by atoms with Crippen molar-refractivity contribution in [1.82, 2.24) is 25.1 Å². The molecule has 13 heteroatoms. The number of ether oxygens (including phenoxy) is 4. The maximum absolute atomic E-state index is 14.2. The molecule has 2 N–H and O–H groups in total. The van der Waals surface area contributed by atoms with E-state index in [1.54, 1.807) is 56.6 Å². The zero-order chi connectivity index (χ0) is 35.9. The number of aromatic nitrogens is 2. The van der Waals surface area contributed by atoms with Gasteiger partial charge in [-0.1, -0.05) is 18.2 Å². The third-order valence-corrected chi connectivity index (χ3v) is 9.70. The number of nitrogens with one attached hydrogen (secondary N) is 2. The number of methoxy groups -OCH3 is 4. The van der Waals surface area contributed by atoms with Gasteiger partial charge in [0.2, 0.25) is 17.6 Å². The van der Waals surface area contributed by atoms with Gasteiger partial charge in [0, 0.05) is 81.0 Å². The van der Waals surface area contributed by atoms with Crippen LogP contribution in [0.5, 0.6) is 23.0 Å². The number of fused-ring (bicyclic) bond motifs is 5. The number of pyridine rings is 1. The minimum atomic E-state index is -0.221. The molecule has 2 aromatic carbocycles. The van der Waals surface area contributed by atoms with Crippen molar-refractivity contribution in [2.75, 3.05) is 72.6 Å². The molecule has 1 fully saturated rings. The number of carbonyl (C=O) groups is 3. The summed E-state index contributed by atoms with van der Waals surface area (Å²) in [5, 5.41) is 3.83. The van der Waals surface area contributed by atoms with E-state index in [1.807, 2.05) is 36.4 Å². The molecule has 0 aliphatic carbocycles. The third kappa shape index (κ3) is 7.82. The molecule has 51 heavy (non-hydrogen) atoms. The first kappa shape index (κ1) is 35.4. The number of nitrogens with zero attached hydrogens (tertiary/aromatic N) is 4. The van der Waals surface area contributed by atoms with Gasteiger partial charge in [-0.25, -0.2) is 4.98 Å². The highest BCUT2D eigenvalue weighted by Crippen LogP contribution is 2.44. The minimum absolute atomic E-state index is 0.0943. The van der Waals surface area contributed by atoms with Gasteiger partial charge in [-0.15, -0.1) is 0 Å². The Morgan fingerprint density at radius 1 is 0.882 bits per heavy atom. The zero-order valence-corrected chi connectivity index (χ0v) is 29.7. The van der Waals surface area contributed by atoms with Crippen LogP contribution < -0.4 is 29.2 Å². The van der Waals surface area contributed by atoms with E-state index in [2.05, 4.69) is 15.2 Å². The van der Waals surface area contributed by atoms with Crippen LogP contribution in [-0.4, -0.2) is 105 Å². The summed E-state index contributed by atoms with van der Waals surface area (Å²) >= 11 is 0. The molecule has 1 atom stereocenters. The number of hydrogen-bond acceptors (Lipinski definition) is 9. The van der Waals surface area contributed by atoms with E-state index in [1.165, 1.54) is 0 Å². The topological polar surface area (TPSA) is 139 Å². The maximum Gasteiger partial charge on any atom is 0.270 e. The number of hydrogen-bond donors (Lipinski definition) is 2. The molecule has 1 unspecified atom stereocenters. The number of anilines is 1. The van der Waals surface area contributed by atoms with Crippen molar-refractivity contribution in [2.45, 2.75) is 32.2 Å². The second-order valence-electron chi connectivity index (χ2n) is 12.9. The monoisotopic (exact) mass is 698 g/mol. The summed E-state index contributed by atoms with van der Waals surface area (Å²) in [6, 6.07) is 14.8. The van der Waals surface area contributed by atoms with Crippen LogP contribution in [0.2, 0.25) is 0 Å². The summed E-state index contributed by atoms with van der Waals surface area (Å²) in [4.78, 5) is 55.1. The highest BCUT2D eigenvalue weighted by Gasteiger charge is 2.29. The van der Waals surface area contributed by atoms with Gasteiger partial charge in [-0.3, -0.25) is 14.4 Å². The Morgan fingerprint density at radius 3 is 2.41 bits per heavy atom. The number of aromatic amines is 1. The Kier molecular flexibility index (Phi) is 11.1. The van der Waals surface area contributed by atoms with Gasteiger partial charge in [0.15, 0.2) is 11.5 Å². The molecule has 2 aliphatic rings. The lowest BCUT2D eigenvalue weighted by Gasteiger charge is -2.35. The first-order chi connectivity index (χ1) is 24.8. The number of H-pyrrole nitrogens is 1. The van der Waals surface area contributed by atoms with Crippen molar-refractivity contribution in [3.05, 3.63) is 71.5 Å². The Bertz CT molecular complexity index is 1860. The molecule has 270 valence electrons. The van der Waals surface area contributed by atoms with Crippen LogP contribution in [0.3, 0.4) is 0 Å². The van der Waals surface area contributed by atoms with Crippen LogP contribution in [0.25, 0.3) is 10.9 Å². The predicted octanol–water partition coefficient (Wildman–Crippen LogP) is 4.05. The van der Waals surface area contributed by atoms with Gasteiger partial charge in [0.25, 0.3) is 5.91 Å². The number of amides is 3. The lowest BCUT2D eigenvalue weighted by Crippen LogP contribution is -2.43. The van der Waals surface area contributed by atoms with Gasteiger partial charge in [0.1, 0.15) is 17.3 Å². The van der Waals surface area contributed by atoms with Crippen LogP contribution in [0, 0.1) is 5.92 Å². The smallest absolute Gasteiger partial charge is 0.270 e. The van der Waals surface area contributed by atoms with E-state index in [0.29, 0.717) is 52.7 Å². The Labute approximate surface area is 297 Å². The van der Waals surface area contributed by atoms with E-state index in [9.17, 15) is 14.4 Å². The van der Waals surface area contributed by atoms with Crippen molar-refractivity contribution in [3.8, 4) is 23.0 Å². The van der Waals surface area contributed by atoms with Crippen molar-refractivity contribution in [3.63, 3.8) is 0 Å². The SMILES string of the molecule is COc1ccccc1CC(=O)N1CCC(=O)NCC2CCCN(C2)c2nc3cc(OC)c(OC)c(OC)c3cc2CN(C(=O)c2ccc[nH]2)CC1. The average Bonchev–Trinajstić information content (AvgIpc) is 3.70. The Balaban J connectivity index is 1.43. The predicted molar refractivity (Wildman–Crippen MR) is 193 cm³/mol. The van der Waals surface area contributed by atoms with Crippen LogP contribution in [-0.2, 0) is 22.6 Å². The maximum atomic E-state index is 14.2. The third-order valence-electron chi connectivity index (χ3n) is 9.70. The normalized spacial score (nSPS) is 17.1. The minimum Gasteiger partial charge on any atom is -0.496 e. The number of para-hydroxylation sites is 1. The fraction of sp³-hybridized carbons (Fsp3) is 0.421. The van der Waals surface area contributed by atoms with Gasteiger partial charge in [-0.05, 0) is 43.0 Å². The van der Waals surface area contributed by atoms with Gasteiger partial charge >= 0.3 is 0 Å². The average molecular weight is 699 g/mol. The molecule has 0 spiro atoms. The fourth-order valence-electron chi connectivity index (χ4n) is 7.04. The summed E-state index contributed by atoms with van der Waals surface area (Å²) in [6.45, 7) is 2.82. The molecule has 0 saturated carbocycles. The zero-order valence-electron chi connectivity index (χ0n) is 29.7. The molecule has 2 aromatic heterocycles. The molecule has 2 bridgehead atoms. The highest BCUT2D eigenvalue weighted by atomic mass is 16.5. The fourth-order valence-corrected chi connectivity index (χ4v) is 7.04. The van der Waals surface area contributed by atoms with E-state index in [-0.39, 0.29) is 62.7 Å². The van der Waals surface area contributed by atoms with Crippen LogP contribution in [0.1, 0.15) is 40.9 Å². The lowest BCUT2D eigenvalue weighted by atomic mass is 9.97. The summed E-state index contributed by atoms with van der Waals surface area (Å²) in [5.74, 6) is 2.48. The largest absolute Gasteiger partial charge is 0.496 e. The van der Waals surface area contributed by atoms with Crippen LogP contribution >= 0.6 is 0 Å². The van der Waals surface area contributed by atoms with Crippen LogP contribution in [0.15, 0.2) is 54.7 Å². The Hall–Kier alpha value is -5.46. The first-order valence-electron chi connectivity index (χ1n) is 17.3.